The van der Waals surface area contributed by atoms with Crippen molar-refractivity contribution in [2.75, 3.05) is 10.2 Å². The molecule has 1 unspecified atom stereocenters. The number of nitrogens with one attached hydrogen (secondary N) is 1. The van der Waals surface area contributed by atoms with Crippen molar-refractivity contribution >= 4 is 59.4 Å². The molecule has 0 fully saturated rings. The van der Waals surface area contributed by atoms with Crippen molar-refractivity contribution in [3.05, 3.63) is 236 Å². The largest absolute Gasteiger partial charge is 0.359 e. The van der Waals surface area contributed by atoms with Gasteiger partial charge in [-0.3, -0.25) is 0 Å². The van der Waals surface area contributed by atoms with E-state index in [1.165, 1.54) is 85.5 Å². The fraction of sp³-hybridized carbons (Fsp3) is 0.0357. The molecule has 0 bridgehead atoms. The lowest BCUT2D eigenvalue weighted by atomic mass is 9.89. The number of nitrogens with zero attached hydrogens (tertiary/aromatic N) is 1. The second-order valence-corrected chi connectivity index (χ2v) is 18.4. The highest BCUT2D eigenvalue weighted by Crippen LogP contribution is 2.76. The molecule has 1 N–H and O–H groups in total. The first-order valence-electron chi connectivity index (χ1n) is 20.4. The van der Waals surface area contributed by atoms with E-state index in [0.29, 0.717) is 0 Å². The van der Waals surface area contributed by atoms with Crippen LogP contribution in [-0.2, 0) is 0 Å². The van der Waals surface area contributed by atoms with Gasteiger partial charge in [-0.15, -0.1) is 10.0 Å². The molecule has 1 aliphatic heterocycles. The summed E-state index contributed by atoms with van der Waals surface area (Å²) in [7, 11) is -2.00. The van der Waals surface area contributed by atoms with E-state index in [1.54, 1.807) is 0 Å². The third kappa shape index (κ3) is 5.57. The molecule has 0 aliphatic carbocycles. The zero-order chi connectivity index (χ0) is 39.3. The summed E-state index contributed by atoms with van der Waals surface area (Å²) in [4.78, 5) is 7.82. The minimum absolute atomic E-state index is 0.0479. The van der Waals surface area contributed by atoms with Crippen molar-refractivity contribution in [1.82, 2.24) is 0 Å². The Hall–Kier alpha value is -7.07. The molecule has 0 radical (unpaired) electrons. The summed E-state index contributed by atoms with van der Waals surface area (Å²) in [6, 6.07) is 83.3. The lowest BCUT2D eigenvalue weighted by Gasteiger charge is -2.43. The summed E-state index contributed by atoms with van der Waals surface area (Å²) in [5.74, 6) is 0. The Bertz CT molecular complexity index is 2990. The van der Waals surface area contributed by atoms with Crippen LogP contribution in [0.3, 0.4) is 0 Å². The average molecular weight is 775 g/mol. The smallest absolute Gasteiger partial charge is 0.130 e. The molecule has 10 aromatic rings. The Balaban J connectivity index is 1.22. The fourth-order valence-electron chi connectivity index (χ4n) is 9.53. The Kier molecular flexibility index (Phi) is 8.57. The highest BCUT2D eigenvalue weighted by Gasteiger charge is 2.37. The highest BCUT2D eigenvalue weighted by atomic mass is 32.3. The summed E-state index contributed by atoms with van der Waals surface area (Å²) in [6.45, 7) is 2.16. The van der Waals surface area contributed by atoms with Crippen molar-refractivity contribution < 1.29 is 0 Å². The van der Waals surface area contributed by atoms with Gasteiger partial charge in [-0.25, -0.2) is 0 Å². The molecule has 1 atom stereocenters. The second-order valence-electron chi connectivity index (χ2n) is 15.4. The van der Waals surface area contributed by atoms with Crippen LogP contribution in [0.4, 0.5) is 17.1 Å². The number of anilines is 3. The molecule has 0 spiro atoms. The molecule has 2 nitrogen and oxygen atoms in total. The van der Waals surface area contributed by atoms with E-state index in [-0.39, 0.29) is 6.17 Å². The highest BCUT2D eigenvalue weighted by molar-refractivity contribution is 8.34. The zero-order valence-corrected chi connectivity index (χ0v) is 33.6. The van der Waals surface area contributed by atoms with E-state index in [0.717, 1.165) is 5.69 Å². The first-order valence-corrected chi connectivity index (χ1v) is 22.0. The maximum Gasteiger partial charge on any atom is 0.130 e. The van der Waals surface area contributed by atoms with Gasteiger partial charge >= 0.3 is 0 Å². The third-order valence-corrected chi connectivity index (χ3v) is 16.0. The van der Waals surface area contributed by atoms with Crippen LogP contribution in [0.5, 0.6) is 0 Å². The topological polar surface area (TPSA) is 15.3 Å². The summed E-state index contributed by atoms with van der Waals surface area (Å²) >= 11 is 0. The SMILES string of the molecule is Cc1ccc2c(c1)NC(c1ccccc1)N2c1cccc2c(-c3c4ccccc4c(S(c4ccccc4)(c4ccccc4)c4ccccc4)c4ccccc34)cccc12. The molecular formula is C56H42N2S. The van der Waals surface area contributed by atoms with Gasteiger partial charge in [-0.2, -0.15) is 0 Å². The van der Waals surface area contributed by atoms with Crippen LogP contribution in [0.1, 0.15) is 17.3 Å². The first kappa shape index (κ1) is 35.1. The number of hydrogen-bond acceptors (Lipinski definition) is 2. The van der Waals surface area contributed by atoms with Gasteiger partial charge < -0.3 is 10.2 Å². The fourth-order valence-corrected chi connectivity index (χ4v) is 13.8. The Morgan fingerprint density at radius 1 is 0.407 bits per heavy atom. The molecule has 282 valence electrons. The number of benzene rings is 10. The summed E-state index contributed by atoms with van der Waals surface area (Å²) in [5, 5.41) is 11.4. The van der Waals surface area contributed by atoms with E-state index in [2.05, 4.69) is 242 Å². The van der Waals surface area contributed by atoms with Gasteiger partial charge in [0.2, 0.25) is 0 Å². The summed E-state index contributed by atoms with van der Waals surface area (Å²) in [6.07, 6.45) is -0.0479. The monoisotopic (exact) mass is 774 g/mol. The zero-order valence-electron chi connectivity index (χ0n) is 32.8. The maximum atomic E-state index is 3.89. The number of aryl methyl sites for hydroxylation is 1. The average Bonchev–Trinajstić information content (AvgIpc) is 3.68. The molecule has 0 amide bonds. The predicted octanol–water partition coefficient (Wildman–Crippen LogP) is 15.7. The Morgan fingerprint density at radius 3 is 1.46 bits per heavy atom. The van der Waals surface area contributed by atoms with Gasteiger partial charge in [0.1, 0.15) is 6.17 Å². The van der Waals surface area contributed by atoms with Crippen molar-refractivity contribution in [3.63, 3.8) is 0 Å². The molecule has 59 heavy (non-hydrogen) atoms. The van der Waals surface area contributed by atoms with Crippen LogP contribution in [-0.4, -0.2) is 0 Å². The normalized spacial score (nSPS) is 14.1. The number of rotatable bonds is 7. The quantitative estimate of drug-likeness (QED) is 0.162. The second kappa shape index (κ2) is 14.4. The molecule has 0 saturated heterocycles. The van der Waals surface area contributed by atoms with Crippen LogP contribution in [0, 0.1) is 6.92 Å². The predicted molar refractivity (Wildman–Crippen MR) is 251 cm³/mol. The molecule has 1 heterocycles. The Labute approximate surface area is 347 Å². The molecule has 3 heteroatoms. The van der Waals surface area contributed by atoms with E-state index in [1.807, 2.05) is 0 Å². The van der Waals surface area contributed by atoms with E-state index >= 15 is 0 Å². The molecule has 0 aromatic heterocycles. The van der Waals surface area contributed by atoms with Crippen molar-refractivity contribution in [1.29, 1.82) is 0 Å². The minimum atomic E-state index is -2.00. The van der Waals surface area contributed by atoms with Crippen LogP contribution in [0.2, 0.25) is 0 Å². The molecule has 10 aromatic carbocycles. The van der Waals surface area contributed by atoms with Gasteiger partial charge in [0.15, 0.2) is 0 Å². The molecule has 1 aliphatic rings. The van der Waals surface area contributed by atoms with Gasteiger partial charge in [0, 0.05) is 25.0 Å². The van der Waals surface area contributed by atoms with Crippen molar-refractivity contribution in [2.45, 2.75) is 32.7 Å². The lowest BCUT2D eigenvalue weighted by Crippen LogP contribution is -2.23. The van der Waals surface area contributed by atoms with Crippen molar-refractivity contribution in [3.8, 4) is 11.1 Å². The maximum absolute atomic E-state index is 3.89. The van der Waals surface area contributed by atoms with Crippen LogP contribution in [0.15, 0.2) is 244 Å². The van der Waals surface area contributed by atoms with Gasteiger partial charge in [0.25, 0.3) is 0 Å². The Morgan fingerprint density at radius 2 is 0.881 bits per heavy atom. The number of hydrogen-bond donors (Lipinski definition) is 1. The van der Waals surface area contributed by atoms with Gasteiger partial charge in [0.05, 0.1) is 17.1 Å². The van der Waals surface area contributed by atoms with Gasteiger partial charge in [-0.1, -0.05) is 170 Å². The van der Waals surface area contributed by atoms with Crippen molar-refractivity contribution in [2.24, 2.45) is 0 Å². The van der Waals surface area contributed by atoms with Crippen LogP contribution >= 0.6 is 10.0 Å². The van der Waals surface area contributed by atoms with E-state index in [9.17, 15) is 0 Å². The lowest BCUT2D eigenvalue weighted by molar-refractivity contribution is 0.831. The van der Waals surface area contributed by atoms with Gasteiger partial charge in [-0.05, 0) is 111 Å². The summed E-state index contributed by atoms with van der Waals surface area (Å²) in [5.41, 5.74) is 8.48. The molecule has 11 rings (SSSR count). The van der Waals surface area contributed by atoms with Crippen LogP contribution in [0.25, 0.3) is 43.4 Å². The van der Waals surface area contributed by atoms with E-state index < -0.39 is 10.0 Å². The third-order valence-electron chi connectivity index (χ3n) is 12.0. The molecule has 0 saturated carbocycles. The minimum Gasteiger partial charge on any atom is -0.359 e. The van der Waals surface area contributed by atoms with Crippen LogP contribution < -0.4 is 10.2 Å². The summed E-state index contributed by atoms with van der Waals surface area (Å²) < 4.78 is 0. The first-order chi connectivity index (χ1) is 29.2. The van der Waals surface area contributed by atoms with E-state index in [4.69, 9.17) is 0 Å². The molecular weight excluding hydrogens is 733 g/mol. The standard InChI is InChI=1S/C56H42N2S/c1-39-36-37-53-51(38-39)57-56(40-20-6-2-7-21-40)58(53)52-35-19-32-44-45(52)33-18-34-46(44)54-47-28-14-16-30-49(47)55(50-31-17-15-29-48(50)54)59(41-22-8-3-9-23-41,42-24-10-4-11-25-42)43-26-12-5-13-27-43/h2-38,56-57H,1H3. The number of fused-ring (bicyclic) bond motifs is 4.